The molecule has 4 nitrogen and oxygen atoms in total. The normalized spacial score (nSPS) is 25.1. The van der Waals surface area contributed by atoms with Gasteiger partial charge >= 0.3 is 0 Å². The van der Waals surface area contributed by atoms with Gasteiger partial charge in [-0.05, 0) is 18.6 Å². The zero-order valence-electron chi connectivity index (χ0n) is 11.2. The molecule has 0 heterocycles. The van der Waals surface area contributed by atoms with E-state index in [9.17, 15) is 4.79 Å². The van der Waals surface area contributed by atoms with Gasteiger partial charge in [-0.25, -0.2) is 0 Å². The summed E-state index contributed by atoms with van der Waals surface area (Å²) in [5.74, 6) is 1.02. The summed E-state index contributed by atoms with van der Waals surface area (Å²) in [6.45, 7) is 2.44. The van der Waals surface area contributed by atoms with Crippen LogP contribution in [0.4, 0.5) is 0 Å². The van der Waals surface area contributed by atoms with E-state index in [1.807, 2.05) is 11.8 Å². The Morgan fingerprint density at radius 3 is 2.78 bits per heavy atom. The predicted molar refractivity (Wildman–Crippen MR) is 79.4 cm³/mol. The first kappa shape index (κ1) is 18.0. The number of nitrogens with one attached hydrogen (secondary N) is 1. The third-order valence-electron chi connectivity index (χ3n) is 3.09. The van der Waals surface area contributed by atoms with Gasteiger partial charge in [0, 0.05) is 18.4 Å². The number of hydrogen-bond acceptors (Lipinski definition) is 4. The van der Waals surface area contributed by atoms with E-state index in [1.165, 1.54) is 19.3 Å². The van der Waals surface area contributed by atoms with Gasteiger partial charge in [-0.3, -0.25) is 4.79 Å². The molecule has 1 amide bonds. The topological polar surface area (TPSA) is 64.4 Å². The quantitative estimate of drug-likeness (QED) is 0.781. The van der Waals surface area contributed by atoms with Crippen molar-refractivity contribution in [3.63, 3.8) is 0 Å². The largest absolute Gasteiger partial charge is 0.383 e. The molecule has 1 aliphatic rings. The second kappa shape index (κ2) is 9.89. The molecule has 3 N–H and O–H groups in total. The van der Waals surface area contributed by atoms with Crippen LogP contribution in [0.15, 0.2) is 0 Å². The lowest BCUT2D eigenvalue weighted by Crippen LogP contribution is -2.51. The minimum atomic E-state index is -0.547. The van der Waals surface area contributed by atoms with Crippen LogP contribution in [0.1, 0.15) is 32.6 Å². The van der Waals surface area contributed by atoms with Crippen LogP contribution in [0.2, 0.25) is 0 Å². The Morgan fingerprint density at radius 2 is 2.17 bits per heavy atom. The highest BCUT2D eigenvalue weighted by Crippen LogP contribution is 2.28. The molecule has 3 unspecified atom stereocenters. The molecule has 0 aromatic heterocycles. The van der Waals surface area contributed by atoms with Gasteiger partial charge in [-0.1, -0.05) is 19.8 Å². The van der Waals surface area contributed by atoms with Crippen LogP contribution in [-0.2, 0) is 9.53 Å². The van der Waals surface area contributed by atoms with Crippen molar-refractivity contribution in [3.05, 3.63) is 0 Å². The van der Waals surface area contributed by atoms with Crippen LogP contribution in [0, 0.1) is 0 Å². The van der Waals surface area contributed by atoms with Gasteiger partial charge in [0.25, 0.3) is 0 Å². The molecule has 0 aliphatic heterocycles. The first-order valence-electron chi connectivity index (χ1n) is 6.35. The summed E-state index contributed by atoms with van der Waals surface area (Å²) in [7, 11) is 1.56. The molecular formula is C12H25ClN2O2S. The van der Waals surface area contributed by atoms with Crippen molar-refractivity contribution >= 4 is 30.1 Å². The number of hydrogen-bond donors (Lipinski definition) is 2. The van der Waals surface area contributed by atoms with Crippen molar-refractivity contribution in [2.45, 2.75) is 49.9 Å². The maximum absolute atomic E-state index is 11.8. The molecule has 1 saturated carbocycles. The monoisotopic (exact) mass is 296 g/mol. The molecule has 108 valence electrons. The lowest BCUT2D eigenvalue weighted by Gasteiger charge is -2.32. The number of methoxy groups -OCH3 is 1. The summed E-state index contributed by atoms with van der Waals surface area (Å²) in [5, 5.41) is 3.62. The fourth-order valence-electron chi connectivity index (χ4n) is 2.22. The molecule has 1 rings (SSSR count). The number of amides is 1. The number of rotatable bonds is 6. The number of thioether (sulfide) groups is 1. The second-order valence-corrected chi connectivity index (χ2v) is 5.97. The average molecular weight is 297 g/mol. The molecule has 0 saturated heterocycles. The lowest BCUT2D eigenvalue weighted by molar-refractivity contribution is -0.124. The average Bonchev–Trinajstić information content (AvgIpc) is 2.32. The van der Waals surface area contributed by atoms with E-state index in [4.69, 9.17) is 10.5 Å². The fraction of sp³-hybridized carbons (Fsp3) is 0.917. The summed E-state index contributed by atoms with van der Waals surface area (Å²) in [6.07, 6.45) is 4.74. The molecule has 3 atom stereocenters. The first-order chi connectivity index (χ1) is 8.19. The molecule has 0 aromatic carbocycles. The van der Waals surface area contributed by atoms with Gasteiger partial charge in [0.1, 0.15) is 6.04 Å². The van der Waals surface area contributed by atoms with E-state index in [0.717, 1.165) is 12.2 Å². The highest BCUT2D eigenvalue weighted by molar-refractivity contribution is 7.99. The minimum absolute atomic E-state index is 0. The molecule has 0 spiro atoms. The molecule has 6 heteroatoms. The van der Waals surface area contributed by atoms with Crippen molar-refractivity contribution in [2.75, 3.05) is 19.5 Å². The Kier molecular flexibility index (Phi) is 9.91. The van der Waals surface area contributed by atoms with Crippen LogP contribution in [0.3, 0.4) is 0 Å². The zero-order valence-corrected chi connectivity index (χ0v) is 12.8. The molecule has 1 aliphatic carbocycles. The van der Waals surface area contributed by atoms with Gasteiger partial charge in [0.15, 0.2) is 0 Å². The Balaban J connectivity index is 0.00000289. The summed E-state index contributed by atoms with van der Waals surface area (Å²) < 4.78 is 4.90. The molecule has 18 heavy (non-hydrogen) atoms. The van der Waals surface area contributed by atoms with E-state index in [1.54, 1.807) is 7.11 Å². The van der Waals surface area contributed by atoms with Crippen LogP contribution < -0.4 is 11.1 Å². The van der Waals surface area contributed by atoms with Crippen LogP contribution in [-0.4, -0.2) is 42.7 Å². The number of carbonyl (C=O) groups is 1. The Labute approximate surface area is 120 Å². The summed E-state index contributed by atoms with van der Waals surface area (Å²) in [5.41, 5.74) is 5.72. The van der Waals surface area contributed by atoms with E-state index in [2.05, 4.69) is 12.2 Å². The van der Waals surface area contributed by atoms with Gasteiger partial charge in [-0.2, -0.15) is 11.8 Å². The highest BCUT2D eigenvalue weighted by Gasteiger charge is 2.27. The van der Waals surface area contributed by atoms with Crippen LogP contribution >= 0.6 is 24.2 Å². The Morgan fingerprint density at radius 1 is 1.50 bits per heavy atom. The number of halogens is 1. The smallest absolute Gasteiger partial charge is 0.239 e. The summed E-state index contributed by atoms with van der Waals surface area (Å²) >= 11 is 1.94. The predicted octanol–water partition coefficient (Wildman–Crippen LogP) is 1.56. The summed E-state index contributed by atoms with van der Waals surface area (Å²) in [6, 6.07) is -0.265. The third-order valence-corrected chi connectivity index (χ3v) is 4.42. The van der Waals surface area contributed by atoms with Gasteiger partial charge in [0.2, 0.25) is 5.91 Å². The van der Waals surface area contributed by atoms with Crippen molar-refractivity contribution in [2.24, 2.45) is 5.73 Å². The van der Waals surface area contributed by atoms with Gasteiger partial charge < -0.3 is 15.8 Å². The van der Waals surface area contributed by atoms with Crippen molar-refractivity contribution in [1.29, 1.82) is 0 Å². The number of ether oxygens (including phenoxy) is 1. The number of carbonyl (C=O) groups excluding carboxylic acids is 1. The minimum Gasteiger partial charge on any atom is -0.383 e. The SMILES string of the molecule is CCSC1CCCCC1NC(=O)C(N)COC.Cl. The van der Waals surface area contributed by atoms with E-state index < -0.39 is 6.04 Å². The van der Waals surface area contributed by atoms with Crippen LogP contribution in [0.25, 0.3) is 0 Å². The van der Waals surface area contributed by atoms with E-state index in [-0.39, 0.29) is 31.0 Å². The van der Waals surface area contributed by atoms with Gasteiger partial charge in [0.05, 0.1) is 6.61 Å². The zero-order chi connectivity index (χ0) is 12.7. The molecule has 0 aromatic rings. The maximum atomic E-state index is 11.8. The molecule has 0 bridgehead atoms. The lowest BCUT2D eigenvalue weighted by atomic mass is 9.94. The highest BCUT2D eigenvalue weighted by atomic mass is 35.5. The van der Waals surface area contributed by atoms with E-state index in [0.29, 0.717) is 5.25 Å². The maximum Gasteiger partial charge on any atom is 0.239 e. The van der Waals surface area contributed by atoms with Gasteiger partial charge in [-0.15, -0.1) is 12.4 Å². The third kappa shape index (κ3) is 5.78. The molecule has 1 fully saturated rings. The molecule has 0 radical (unpaired) electrons. The van der Waals surface area contributed by atoms with Crippen molar-refractivity contribution < 1.29 is 9.53 Å². The van der Waals surface area contributed by atoms with E-state index >= 15 is 0 Å². The summed E-state index contributed by atoms with van der Waals surface area (Å²) in [4.78, 5) is 11.8. The van der Waals surface area contributed by atoms with Crippen LogP contribution in [0.5, 0.6) is 0 Å². The first-order valence-corrected chi connectivity index (χ1v) is 7.40. The standard InChI is InChI=1S/C12H24N2O2S.ClH/c1-3-17-11-7-5-4-6-10(11)14-12(15)9(13)8-16-2;/h9-11H,3-8,13H2,1-2H3,(H,14,15);1H. The molecular weight excluding hydrogens is 272 g/mol. The second-order valence-electron chi connectivity index (χ2n) is 4.46. The number of nitrogens with two attached hydrogens (primary N) is 1. The van der Waals surface area contributed by atoms with Crippen molar-refractivity contribution in [1.82, 2.24) is 5.32 Å². The van der Waals surface area contributed by atoms with Crippen molar-refractivity contribution in [3.8, 4) is 0 Å². The fourth-order valence-corrected chi connectivity index (χ4v) is 3.42. The Hall–Kier alpha value is 0.0300. The Bertz CT molecular complexity index is 242.